The van der Waals surface area contributed by atoms with E-state index < -0.39 is 0 Å². The lowest BCUT2D eigenvalue weighted by atomic mass is 10.1. The van der Waals surface area contributed by atoms with E-state index >= 15 is 0 Å². The van der Waals surface area contributed by atoms with Crippen molar-refractivity contribution in [3.05, 3.63) is 23.8 Å². The zero-order chi connectivity index (χ0) is 12.5. The highest BCUT2D eigenvalue weighted by atomic mass is 32.2. The Bertz CT molecular complexity index is 406. The summed E-state index contributed by atoms with van der Waals surface area (Å²) in [6, 6.07) is 5.93. The third-order valence-corrected chi connectivity index (χ3v) is 4.45. The Hall–Kier alpha value is -0.870. The minimum absolute atomic E-state index is 0.170. The summed E-state index contributed by atoms with van der Waals surface area (Å²) >= 11 is 1.90. The lowest BCUT2D eigenvalue weighted by molar-refractivity contribution is 0.390. The van der Waals surface area contributed by atoms with Crippen LogP contribution < -0.4 is 14.8 Å². The van der Waals surface area contributed by atoms with Gasteiger partial charge < -0.3 is 9.47 Å². The summed E-state index contributed by atoms with van der Waals surface area (Å²) in [6.07, 6.45) is 0. The van der Waals surface area contributed by atoms with Gasteiger partial charge in [-0.1, -0.05) is 0 Å². The van der Waals surface area contributed by atoms with Crippen molar-refractivity contribution < 1.29 is 9.47 Å². The maximum Gasteiger partial charge on any atom is 0.124 e. The molecule has 1 saturated heterocycles. The van der Waals surface area contributed by atoms with Crippen molar-refractivity contribution in [3.8, 4) is 11.5 Å². The summed E-state index contributed by atoms with van der Waals surface area (Å²) in [7, 11) is 3.39. The number of hydrogen-bond donors (Lipinski definition) is 1. The van der Waals surface area contributed by atoms with Gasteiger partial charge in [-0.25, -0.2) is 0 Å². The van der Waals surface area contributed by atoms with Crippen molar-refractivity contribution in [2.45, 2.75) is 24.8 Å². The van der Waals surface area contributed by atoms with Gasteiger partial charge in [-0.2, -0.15) is 0 Å². The van der Waals surface area contributed by atoms with Gasteiger partial charge >= 0.3 is 0 Å². The Morgan fingerprint density at radius 1 is 1.29 bits per heavy atom. The van der Waals surface area contributed by atoms with Crippen molar-refractivity contribution in [1.29, 1.82) is 0 Å². The molecule has 1 N–H and O–H groups in total. The number of rotatable bonds is 3. The van der Waals surface area contributed by atoms with Crippen LogP contribution in [0, 0.1) is 0 Å². The Labute approximate surface area is 107 Å². The summed E-state index contributed by atoms with van der Waals surface area (Å²) < 4.78 is 10.7. The molecule has 1 heterocycles. The maximum absolute atomic E-state index is 5.42. The fourth-order valence-electron chi connectivity index (χ4n) is 1.94. The van der Waals surface area contributed by atoms with E-state index in [2.05, 4.69) is 19.2 Å². The molecular weight excluding hydrogens is 234 g/mol. The van der Waals surface area contributed by atoms with Crippen LogP contribution in [0.4, 0.5) is 0 Å². The van der Waals surface area contributed by atoms with Crippen LogP contribution in [-0.2, 0) is 0 Å². The Balaban J connectivity index is 2.30. The van der Waals surface area contributed by atoms with Crippen LogP contribution in [-0.4, -0.2) is 25.5 Å². The molecule has 1 aromatic carbocycles. The molecule has 1 aromatic rings. The van der Waals surface area contributed by atoms with Gasteiger partial charge in [-0.05, 0) is 32.0 Å². The Morgan fingerprint density at radius 3 is 2.59 bits per heavy atom. The number of ether oxygens (including phenoxy) is 2. The van der Waals surface area contributed by atoms with Crippen LogP contribution in [0.2, 0.25) is 0 Å². The summed E-state index contributed by atoms with van der Waals surface area (Å²) in [5.41, 5.74) is 1.33. The first kappa shape index (κ1) is 12.6. The second kappa shape index (κ2) is 4.78. The fraction of sp³-hybridized carbons (Fsp3) is 0.538. The number of methoxy groups -OCH3 is 2. The van der Waals surface area contributed by atoms with Gasteiger partial charge in [0, 0.05) is 16.9 Å². The van der Waals surface area contributed by atoms with Crippen molar-refractivity contribution in [2.24, 2.45) is 0 Å². The van der Waals surface area contributed by atoms with Gasteiger partial charge in [-0.15, -0.1) is 11.8 Å². The quantitative estimate of drug-likeness (QED) is 0.897. The standard InChI is InChI=1S/C13H19NO2S/c1-13(2)8-17-12(14-13)10-7-9(15-3)5-6-11(10)16-4/h5-7,12,14H,8H2,1-4H3. The highest BCUT2D eigenvalue weighted by Crippen LogP contribution is 2.41. The predicted octanol–water partition coefficient (Wildman–Crippen LogP) is 2.82. The highest BCUT2D eigenvalue weighted by Gasteiger charge is 2.33. The monoisotopic (exact) mass is 253 g/mol. The smallest absolute Gasteiger partial charge is 0.124 e. The number of benzene rings is 1. The van der Waals surface area contributed by atoms with Crippen LogP contribution in [0.25, 0.3) is 0 Å². The van der Waals surface area contributed by atoms with Gasteiger partial charge in [0.25, 0.3) is 0 Å². The van der Waals surface area contributed by atoms with Crippen LogP contribution >= 0.6 is 11.8 Å². The van der Waals surface area contributed by atoms with Gasteiger partial charge in [0.1, 0.15) is 11.5 Å². The van der Waals surface area contributed by atoms with Crippen LogP contribution in [0.3, 0.4) is 0 Å². The van der Waals surface area contributed by atoms with Crippen molar-refractivity contribution in [3.63, 3.8) is 0 Å². The molecule has 4 heteroatoms. The van der Waals surface area contributed by atoms with Crippen molar-refractivity contribution in [2.75, 3.05) is 20.0 Å². The Morgan fingerprint density at radius 2 is 2.06 bits per heavy atom. The number of hydrogen-bond acceptors (Lipinski definition) is 4. The first-order valence-electron chi connectivity index (χ1n) is 5.67. The second-order valence-corrected chi connectivity index (χ2v) is 5.92. The normalized spacial score (nSPS) is 22.5. The zero-order valence-electron chi connectivity index (χ0n) is 10.7. The van der Waals surface area contributed by atoms with Gasteiger partial charge in [0.05, 0.1) is 19.6 Å². The molecule has 1 fully saturated rings. The van der Waals surface area contributed by atoms with Crippen LogP contribution in [0.5, 0.6) is 11.5 Å². The molecule has 0 amide bonds. The van der Waals surface area contributed by atoms with E-state index in [0.717, 1.165) is 22.8 Å². The Kier molecular flexibility index (Phi) is 3.54. The fourth-order valence-corrected chi connectivity index (χ4v) is 3.37. The molecule has 0 spiro atoms. The SMILES string of the molecule is COc1ccc(OC)c(C2NC(C)(C)CS2)c1. The average molecular weight is 253 g/mol. The minimum Gasteiger partial charge on any atom is -0.497 e. The molecule has 17 heavy (non-hydrogen) atoms. The highest BCUT2D eigenvalue weighted by molar-refractivity contribution is 7.99. The molecule has 1 aliphatic heterocycles. The van der Waals surface area contributed by atoms with E-state index in [1.807, 2.05) is 30.0 Å². The average Bonchev–Trinajstić information content (AvgIpc) is 2.68. The van der Waals surface area contributed by atoms with E-state index in [0.29, 0.717) is 0 Å². The van der Waals surface area contributed by atoms with Gasteiger partial charge in [0.15, 0.2) is 0 Å². The molecule has 1 unspecified atom stereocenters. The summed E-state index contributed by atoms with van der Waals surface area (Å²) in [6.45, 7) is 4.43. The summed E-state index contributed by atoms with van der Waals surface area (Å²) in [5, 5.41) is 3.87. The molecule has 0 bridgehead atoms. The minimum atomic E-state index is 0.170. The molecule has 1 atom stereocenters. The molecule has 0 aromatic heterocycles. The predicted molar refractivity (Wildman–Crippen MR) is 72.0 cm³/mol. The molecule has 3 nitrogen and oxygen atoms in total. The number of nitrogens with one attached hydrogen (secondary N) is 1. The topological polar surface area (TPSA) is 30.5 Å². The third-order valence-electron chi connectivity index (χ3n) is 2.85. The lowest BCUT2D eigenvalue weighted by Crippen LogP contribution is -2.35. The first-order valence-corrected chi connectivity index (χ1v) is 6.72. The van der Waals surface area contributed by atoms with Crippen molar-refractivity contribution in [1.82, 2.24) is 5.32 Å². The number of thioether (sulfide) groups is 1. The van der Waals surface area contributed by atoms with Crippen LogP contribution in [0.1, 0.15) is 24.8 Å². The molecule has 94 valence electrons. The molecule has 2 rings (SSSR count). The van der Waals surface area contributed by atoms with Crippen molar-refractivity contribution >= 4 is 11.8 Å². The zero-order valence-corrected chi connectivity index (χ0v) is 11.6. The van der Waals surface area contributed by atoms with Crippen LogP contribution in [0.15, 0.2) is 18.2 Å². The van der Waals surface area contributed by atoms with Gasteiger partial charge in [-0.3, -0.25) is 5.32 Å². The second-order valence-electron chi connectivity index (χ2n) is 4.83. The molecule has 0 aliphatic carbocycles. The lowest BCUT2D eigenvalue weighted by Gasteiger charge is -2.20. The molecule has 1 aliphatic rings. The third kappa shape index (κ3) is 2.69. The maximum atomic E-state index is 5.42. The first-order chi connectivity index (χ1) is 8.05. The molecule has 0 saturated carbocycles. The van der Waals surface area contributed by atoms with E-state index in [1.54, 1.807) is 14.2 Å². The van der Waals surface area contributed by atoms with Gasteiger partial charge in [0.2, 0.25) is 0 Å². The largest absolute Gasteiger partial charge is 0.497 e. The summed E-state index contributed by atoms with van der Waals surface area (Å²) in [5.74, 6) is 2.87. The van der Waals surface area contributed by atoms with E-state index in [1.165, 1.54) is 0 Å². The van der Waals surface area contributed by atoms with E-state index in [9.17, 15) is 0 Å². The molecular formula is C13H19NO2S. The summed E-state index contributed by atoms with van der Waals surface area (Å²) in [4.78, 5) is 0. The molecule has 0 radical (unpaired) electrons. The van der Waals surface area contributed by atoms with E-state index in [-0.39, 0.29) is 10.9 Å². The van der Waals surface area contributed by atoms with E-state index in [4.69, 9.17) is 9.47 Å².